The van der Waals surface area contributed by atoms with Gasteiger partial charge in [0.1, 0.15) is 17.2 Å². The number of benzene rings is 1. The summed E-state index contributed by atoms with van der Waals surface area (Å²) in [5, 5.41) is 9.00. The number of aryl methyl sites for hydroxylation is 1. The van der Waals surface area contributed by atoms with Gasteiger partial charge in [-0.2, -0.15) is 0 Å². The first kappa shape index (κ1) is 21.8. The first-order valence-electron chi connectivity index (χ1n) is 10.1. The number of ether oxygens (including phenoxy) is 2. The van der Waals surface area contributed by atoms with Crippen LogP contribution in [0.15, 0.2) is 59.3 Å². The van der Waals surface area contributed by atoms with Crippen molar-refractivity contribution in [3.05, 3.63) is 66.2 Å². The predicted molar refractivity (Wildman–Crippen MR) is 126 cm³/mol. The van der Waals surface area contributed by atoms with E-state index in [9.17, 15) is 0 Å². The fraction of sp³-hybridized carbons (Fsp3) is 0.261. The van der Waals surface area contributed by atoms with Crippen molar-refractivity contribution >= 4 is 17.9 Å². The Balaban J connectivity index is 1.66. The van der Waals surface area contributed by atoms with E-state index < -0.39 is 0 Å². The molecule has 0 spiro atoms. The molecule has 8 nitrogen and oxygen atoms in total. The molecule has 32 heavy (non-hydrogen) atoms. The molecule has 1 aromatic carbocycles. The van der Waals surface area contributed by atoms with Crippen molar-refractivity contribution in [1.29, 1.82) is 0 Å². The summed E-state index contributed by atoms with van der Waals surface area (Å²) in [5.41, 5.74) is 2.88. The molecule has 166 valence electrons. The second kappa shape index (κ2) is 9.78. The largest absolute Gasteiger partial charge is 0.494 e. The lowest BCUT2D eigenvalue weighted by atomic mass is 10.2. The van der Waals surface area contributed by atoms with Crippen LogP contribution in [-0.2, 0) is 6.42 Å². The molecule has 4 rings (SSSR count). The van der Waals surface area contributed by atoms with E-state index in [2.05, 4.69) is 39.0 Å². The van der Waals surface area contributed by atoms with E-state index in [1.807, 2.05) is 48.0 Å². The minimum Gasteiger partial charge on any atom is -0.494 e. The van der Waals surface area contributed by atoms with Crippen molar-refractivity contribution in [2.75, 3.05) is 18.9 Å². The number of methoxy groups -OCH3 is 2. The second-order valence-corrected chi connectivity index (χ2v) is 8.48. The Morgan fingerprint density at radius 2 is 1.84 bits per heavy atom. The second-order valence-electron chi connectivity index (χ2n) is 7.23. The Labute approximate surface area is 191 Å². The van der Waals surface area contributed by atoms with Gasteiger partial charge in [0.2, 0.25) is 11.8 Å². The van der Waals surface area contributed by atoms with Gasteiger partial charge in [-0.3, -0.25) is 14.3 Å². The summed E-state index contributed by atoms with van der Waals surface area (Å²) in [5.74, 6) is 2.91. The summed E-state index contributed by atoms with van der Waals surface area (Å²) in [4.78, 5) is 4.50. The number of para-hydroxylation sites is 1. The van der Waals surface area contributed by atoms with Gasteiger partial charge in [0.15, 0.2) is 5.76 Å². The highest BCUT2D eigenvalue weighted by Gasteiger charge is 2.24. The normalized spacial score (nSPS) is 11.9. The highest BCUT2D eigenvalue weighted by Crippen LogP contribution is 2.38. The number of rotatable bonds is 9. The number of hydrogen-bond acceptors (Lipinski definition) is 8. The van der Waals surface area contributed by atoms with Crippen LogP contribution in [0.25, 0.3) is 17.3 Å². The van der Waals surface area contributed by atoms with Crippen molar-refractivity contribution in [3.63, 3.8) is 0 Å². The molecule has 0 radical (unpaired) electrons. The van der Waals surface area contributed by atoms with Crippen LogP contribution in [-0.4, -0.2) is 39.2 Å². The fourth-order valence-electron chi connectivity index (χ4n) is 3.29. The predicted octanol–water partition coefficient (Wildman–Crippen LogP) is 4.94. The van der Waals surface area contributed by atoms with Crippen LogP contribution in [0.5, 0.6) is 11.5 Å². The van der Waals surface area contributed by atoms with E-state index in [0.29, 0.717) is 34.7 Å². The number of anilines is 1. The van der Waals surface area contributed by atoms with Crippen molar-refractivity contribution < 1.29 is 13.9 Å². The van der Waals surface area contributed by atoms with Gasteiger partial charge < -0.3 is 13.9 Å². The van der Waals surface area contributed by atoms with Gasteiger partial charge in [-0.15, -0.1) is 10.2 Å². The summed E-state index contributed by atoms with van der Waals surface area (Å²) in [6, 6.07) is 13.4. The lowest BCUT2D eigenvalue weighted by Gasteiger charge is -2.18. The molecule has 3 heterocycles. The van der Waals surface area contributed by atoms with Crippen molar-refractivity contribution in [1.82, 2.24) is 19.7 Å². The van der Waals surface area contributed by atoms with Crippen LogP contribution < -0.4 is 14.2 Å². The molecular weight excluding hydrogens is 426 g/mol. The Kier molecular flexibility index (Phi) is 6.65. The molecule has 0 saturated carbocycles. The lowest BCUT2D eigenvalue weighted by Crippen LogP contribution is -2.10. The smallest absolute Gasteiger partial charge is 0.239 e. The first-order chi connectivity index (χ1) is 15.6. The Morgan fingerprint density at radius 3 is 2.47 bits per heavy atom. The number of pyridine rings is 1. The third-order valence-electron chi connectivity index (χ3n) is 4.85. The van der Waals surface area contributed by atoms with E-state index in [1.54, 1.807) is 32.4 Å². The average molecular weight is 452 g/mol. The topological polar surface area (TPSA) is 87.2 Å². The number of furan rings is 1. The number of nitrogens with one attached hydrogen (secondary N) is 1. The van der Waals surface area contributed by atoms with E-state index in [1.165, 1.54) is 0 Å². The molecule has 0 bridgehead atoms. The number of hydrogen-bond donors (Lipinski definition) is 1. The molecule has 1 atom stereocenters. The molecular formula is C23H25N5O3S. The Morgan fingerprint density at radius 1 is 1.06 bits per heavy atom. The van der Waals surface area contributed by atoms with E-state index in [0.717, 1.165) is 17.7 Å². The Hall–Kier alpha value is -3.46. The summed E-state index contributed by atoms with van der Waals surface area (Å²) < 4.78 is 22.1. The van der Waals surface area contributed by atoms with Crippen molar-refractivity contribution in [2.24, 2.45) is 0 Å². The minimum absolute atomic E-state index is 0.238. The van der Waals surface area contributed by atoms with Crippen LogP contribution in [0.3, 0.4) is 0 Å². The summed E-state index contributed by atoms with van der Waals surface area (Å²) in [6.07, 6.45) is 4.31. The maximum absolute atomic E-state index is 5.62. The molecule has 0 aliphatic heterocycles. The zero-order valence-electron chi connectivity index (χ0n) is 18.4. The van der Waals surface area contributed by atoms with Gasteiger partial charge in [0.05, 0.1) is 20.5 Å². The maximum atomic E-state index is 5.62. The zero-order chi connectivity index (χ0) is 22.5. The van der Waals surface area contributed by atoms with Gasteiger partial charge in [-0.05, 0) is 54.8 Å². The lowest BCUT2D eigenvalue weighted by molar-refractivity contribution is 0.391. The highest BCUT2D eigenvalue weighted by molar-refractivity contribution is 8.01. The quantitative estimate of drug-likeness (QED) is 0.358. The number of aromatic nitrogens is 4. The standard InChI is InChI=1S/C23H25N5O3S/c1-15-10-11-17(24-14-15)13-16(2)32-27-23-26-25-22(20-9-6-12-31-20)28(23)21-18(29-3)7-5-8-19(21)30-4/h5-12,14,16H,13H2,1-4H3,(H,26,27). The molecule has 1 N–H and O–H groups in total. The summed E-state index contributed by atoms with van der Waals surface area (Å²) >= 11 is 1.55. The van der Waals surface area contributed by atoms with Gasteiger partial charge in [-0.25, -0.2) is 0 Å². The van der Waals surface area contributed by atoms with E-state index in [-0.39, 0.29) is 5.25 Å². The summed E-state index contributed by atoms with van der Waals surface area (Å²) in [6.45, 7) is 4.17. The van der Waals surface area contributed by atoms with Gasteiger partial charge in [-0.1, -0.05) is 19.1 Å². The minimum atomic E-state index is 0.238. The van der Waals surface area contributed by atoms with Gasteiger partial charge in [0.25, 0.3) is 0 Å². The maximum Gasteiger partial charge on any atom is 0.239 e. The molecule has 1 unspecified atom stereocenters. The van der Waals surface area contributed by atoms with E-state index >= 15 is 0 Å². The molecule has 4 aromatic rings. The van der Waals surface area contributed by atoms with Gasteiger partial charge >= 0.3 is 0 Å². The average Bonchev–Trinajstić information content (AvgIpc) is 3.48. The molecule has 0 amide bonds. The van der Waals surface area contributed by atoms with Crippen molar-refractivity contribution in [3.8, 4) is 28.8 Å². The van der Waals surface area contributed by atoms with Crippen LogP contribution in [0.2, 0.25) is 0 Å². The summed E-state index contributed by atoms with van der Waals surface area (Å²) in [7, 11) is 3.24. The van der Waals surface area contributed by atoms with Gasteiger partial charge in [0, 0.05) is 23.6 Å². The van der Waals surface area contributed by atoms with Crippen molar-refractivity contribution in [2.45, 2.75) is 25.5 Å². The molecule has 0 aliphatic carbocycles. The fourth-order valence-corrected chi connectivity index (χ4v) is 3.98. The molecule has 0 aliphatic rings. The highest BCUT2D eigenvalue weighted by atomic mass is 32.2. The van der Waals surface area contributed by atoms with Crippen LogP contribution in [0, 0.1) is 6.92 Å². The third-order valence-corrected chi connectivity index (χ3v) is 5.72. The molecule has 9 heteroatoms. The third kappa shape index (κ3) is 4.57. The monoisotopic (exact) mass is 451 g/mol. The zero-order valence-corrected chi connectivity index (χ0v) is 19.2. The van der Waals surface area contributed by atoms with E-state index in [4.69, 9.17) is 13.9 Å². The van der Waals surface area contributed by atoms with Crippen LogP contribution >= 0.6 is 11.9 Å². The molecule has 3 aromatic heterocycles. The molecule has 0 fully saturated rings. The molecule has 0 saturated heterocycles. The Bertz CT molecular complexity index is 1140. The number of nitrogens with zero attached hydrogens (tertiary/aromatic N) is 4. The van der Waals surface area contributed by atoms with Crippen LogP contribution in [0.1, 0.15) is 18.2 Å². The SMILES string of the molecule is COc1cccc(OC)c1-n1c(NSC(C)Cc2ccc(C)cn2)nnc1-c1ccco1. The van der Waals surface area contributed by atoms with Crippen LogP contribution in [0.4, 0.5) is 5.95 Å². The first-order valence-corrected chi connectivity index (χ1v) is 11.0.